The van der Waals surface area contributed by atoms with Crippen molar-refractivity contribution in [2.24, 2.45) is 0 Å². The van der Waals surface area contributed by atoms with Gasteiger partial charge in [0.25, 0.3) is 0 Å². The number of fused-ring (bicyclic) bond motifs is 1. The highest BCUT2D eigenvalue weighted by Gasteiger charge is 1.99. The summed E-state index contributed by atoms with van der Waals surface area (Å²) in [5, 5.41) is 9.71. The van der Waals surface area contributed by atoms with Gasteiger partial charge in [0.05, 0.1) is 5.52 Å². The first-order chi connectivity index (χ1) is 8.75. The molecule has 1 N–H and O–H groups in total. The molecule has 0 unspecified atom stereocenters. The van der Waals surface area contributed by atoms with Crippen molar-refractivity contribution in [3.8, 4) is 0 Å². The molecular formula is C15H17NO2. The fraction of sp³-hybridized carbons (Fsp3) is 0.333. The normalized spacial score (nSPS) is 10.7. The van der Waals surface area contributed by atoms with Gasteiger partial charge in [-0.2, -0.15) is 0 Å². The third kappa shape index (κ3) is 3.55. The molecule has 3 nitrogen and oxygen atoms in total. The number of hydrogen-bond donors (Lipinski definition) is 1. The van der Waals surface area contributed by atoms with Crippen LogP contribution in [0.3, 0.4) is 0 Å². The van der Waals surface area contributed by atoms with Crippen molar-refractivity contribution < 1.29 is 9.90 Å². The lowest BCUT2D eigenvalue weighted by atomic mass is 10.1. The molecule has 0 fully saturated rings. The third-order valence-electron chi connectivity index (χ3n) is 3.00. The van der Waals surface area contributed by atoms with E-state index in [1.165, 1.54) is 10.9 Å². The van der Waals surface area contributed by atoms with Crippen LogP contribution in [0.2, 0.25) is 0 Å². The number of unbranched alkanes of at least 4 members (excludes halogenated alkanes) is 2. The molecule has 0 bridgehead atoms. The van der Waals surface area contributed by atoms with E-state index >= 15 is 0 Å². The number of carboxylic acid groups (broad SMARTS) is 1. The van der Waals surface area contributed by atoms with Crippen molar-refractivity contribution in [2.45, 2.75) is 32.1 Å². The van der Waals surface area contributed by atoms with Crippen LogP contribution in [0.15, 0.2) is 36.5 Å². The van der Waals surface area contributed by atoms with Crippen molar-refractivity contribution in [3.05, 3.63) is 42.1 Å². The molecule has 2 rings (SSSR count). The molecule has 0 saturated carbocycles. The van der Waals surface area contributed by atoms with Gasteiger partial charge in [0.15, 0.2) is 0 Å². The molecule has 94 valence electrons. The van der Waals surface area contributed by atoms with E-state index in [1.807, 2.05) is 24.4 Å². The molecule has 0 amide bonds. The number of para-hydroxylation sites is 1. The van der Waals surface area contributed by atoms with Crippen LogP contribution in [0.25, 0.3) is 10.9 Å². The lowest BCUT2D eigenvalue weighted by molar-refractivity contribution is -0.137. The minimum atomic E-state index is -0.706. The summed E-state index contributed by atoms with van der Waals surface area (Å²) in [5.41, 5.74) is 2.25. The van der Waals surface area contributed by atoms with Crippen molar-refractivity contribution in [1.82, 2.24) is 4.98 Å². The first-order valence-corrected chi connectivity index (χ1v) is 6.31. The molecule has 0 aliphatic carbocycles. The third-order valence-corrected chi connectivity index (χ3v) is 3.00. The SMILES string of the molecule is O=C(O)CCCCCc1cnc2ccccc2c1. The summed E-state index contributed by atoms with van der Waals surface area (Å²) in [6.45, 7) is 0. The summed E-state index contributed by atoms with van der Waals surface area (Å²) in [4.78, 5) is 14.8. The van der Waals surface area contributed by atoms with Crippen LogP contribution < -0.4 is 0 Å². The van der Waals surface area contributed by atoms with Crippen LogP contribution in [0.5, 0.6) is 0 Å². The molecule has 3 heteroatoms. The molecule has 1 heterocycles. The number of nitrogens with zero attached hydrogens (tertiary/aromatic N) is 1. The Bertz CT molecular complexity index is 537. The van der Waals surface area contributed by atoms with Gasteiger partial charge in [-0.3, -0.25) is 9.78 Å². The van der Waals surface area contributed by atoms with E-state index in [0.29, 0.717) is 0 Å². The van der Waals surface area contributed by atoms with Gasteiger partial charge < -0.3 is 5.11 Å². The number of hydrogen-bond acceptors (Lipinski definition) is 2. The van der Waals surface area contributed by atoms with Gasteiger partial charge in [-0.25, -0.2) is 0 Å². The van der Waals surface area contributed by atoms with Crippen LogP contribution in [0.1, 0.15) is 31.2 Å². The molecule has 0 aliphatic heterocycles. The molecule has 0 atom stereocenters. The number of aromatic nitrogens is 1. The summed E-state index contributed by atoms with van der Waals surface area (Å²) in [5.74, 6) is -0.706. The highest BCUT2D eigenvalue weighted by molar-refractivity contribution is 5.78. The topological polar surface area (TPSA) is 50.2 Å². The number of aliphatic carboxylic acids is 1. The zero-order valence-corrected chi connectivity index (χ0v) is 10.3. The van der Waals surface area contributed by atoms with E-state index in [0.717, 1.165) is 31.2 Å². The molecule has 1 aromatic carbocycles. The zero-order valence-electron chi connectivity index (χ0n) is 10.3. The van der Waals surface area contributed by atoms with Gasteiger partial charge >= 0.3 is 5.97 Å². The van der Waals surface area contributed by atoms with Crippen molar-refractivity contribution >= 4 is 16.9 Å². The number of rotatable bonds is 6. The maximum Gasteiger partial charge on any atom is 0.303 e. The molecule has 1 aromatic heterocycles. The second-order valence-electron chi connectivity index (χ2n) is 4.49. The van der Waals surface area contributed by atoms with Crippen molar-refractivity contribution in [3.63, 3.8) is 0 Å². The van der Waals surface area contributed by atoms with E-state index in [-0.39, 0.29) is 6.42 Å². The monoisotopic (exact) mass is 243 g/mol. The molecule has 0 spiro atoms. The first-order valence-electron chi connectivity index (χ1n) is 6.31. The molecule has 2 aromatic rings. The molecular weight excluding hydrogens is 226 g/mol. The van der Waals surface area contributed by atoms with Gasteiger partial charge in [0, 0.05) is 18.0 Å². The van der Waals surface area contributed by atoms with E-state index in [2.05, 4.69) is 17.1 Å². The van der Waals surface area contributed by atoms with Gasteiger partial charge in [-0.05, 0) is 37.0 Å². The lowest BCUT2D eigenvalue weighted by Gasteiger charge is -2.03. The van der Waals surface area contributed by atoms with E-state index in [9.17, 15) is 4.79 Å². The Morgan fingerprint density at radius 3 is 2.83 bits per heavy atom. The molecule has 0 aliphatic rings. The second-order valence-corrected chi connectivity index (χ2v) is 4.49. The van der Waals surface area contributed by atoms with Crippen LogP contribution >= 0.6 is 0 Å². The number of pyridine rings is 1. The number of benzene rings is 1. The Kier molecular flexibility index (Phi) is 4.29. The Hall–Kier alpha value is -1.90. The average Bonchev–Trinajstić information content (AvgIpc) is 2.38. The molecule has 0 saturated heterocycles. The standard InChI is InChI=1S/C15H17NO2/c17-15(18)9-3-1-2-6-12-10-13-7-4-5-8-14(13)16-11-12/h4-5,7-8,10-11H,1-3,6,9H2,(H,17,18). The van der Waals surface area contributed by atoms with E-state index in [1.54, 1.807) is 0 Å². The predicted octanol–water partition coefficient (Wildman–Crippen LogP) is 3.42. The summed E-state index contributed by atoms with van der Waals surface area (Å²) in [6, 6.07) is 10.2. The molecule has 18 heavy (non-hydrogen) atoms. The maximum absolute atomic E-state index is 10.4. The van der Waals surface area contributed by atoms with Crippen molar-refractivity contribution in [1.29, 1.82) is 0 Å². The largest absolute Gasteiger partial charge is 0.481 e. The van der Waals surface area contributed by atoms with Crippen molar-refractivity contribution in [2.75, 3.05) is 0 Å². The number of aryl methyl sites for hydroxylation is 1. The highest BCUT2D eigenvalue weighted by Crippen LogP contribution is 2.14. The summed E-state index contributed by atoms with van der Waals surface area (Å²) in [7, 11) is 0. The van der Waals surface area contributed by atoms with E-state index < -0.39 is 5.97 Å². The van der Waals surface area contributed by atoms with Gasteiger partial charge in [0.1, 0.15) is 0 Å². The van der Waals surface area contributed by atoms with Gasteiger partial charge in [-0.15, -0.1) is 0 Å². The first kappa shape index (κ1) is 12.6. The Labute approximate surface area is 106 Å². The van der Waals surface area contributed by atoms with Gasteiger partial charge in [0.2, 0.25) is 0 Å². The Balaban J connectivity index is 1.86. The average molecular weight is 243 g/mol. The number of carboxylic acids is 1. The van der Waals surface area contributed by atoms with Crippen LogP contribution in [0, 0.1) is 0 Å². The zero-order chi connectivity index (χ0) is 12.8. The lowest BCUT2D eigenvalue weighted by Crippen LogP contribution is -1.94. The summed E-state index contributed by atoms with van der Waals surface area (Å²) >= 11 is 0. The Morgan fingerprint density at radius 2 is 2.00 bits per heavy atom. The van der Waals surface area contributed by atoms with Crippen LogP contribution in [-0.4, -0.2) is 16.1 Å². The minimum absolute atomic E-state index is 0.274. The maximum atomic E-state index is 10.4. The van der Waals surface area contributed by atoms with E-state index in [4.69, 9.17) is 5.11 Å². The fourth-order valence-corrected chi connectivity index (χ4v) is 2.04. The van der Waals surface area contributed by atoms with Crippen LogP contribution in [-0.2, 0) is 11.2 Å². The minimum Gasteiger partial charge on any atom is -0.481 e. The predicted molar refractivity (Wildman–Crippen MR) is 71.6 cm³/mol. The fourth-order valence-electron chi connectivity index (χ4n) is 2.04. The van der Waals surface area contributed by atoms with Crippen LogP contribution in [0.4, 0.5) is 0 Å². The molecule has 0 radical (unpaired) electrons. The smallest absolute Gasteiger partial charge is 0.303 e. The quantitative estimate of drug-likeness (QED) is 0.791. The Morgan fingerprint density at radius 1 is 1.17 bits per heavy atom. The second kappa shape index (κ2) is 6.15. The summed E-state index contributed by atoms with van der Waals surface area (Å²) in [6.07, 6.45) is 5.90. The number of carbonyl (C=O) groups is 1. The van der Waals surface area contributed by atoms with Gasteiger partial charge in [-0.1, -0.05) is 24.6 Å². The highest BCUT2D eigenvalue weighted by atomic mass is 16.4. The summed E-state index contributed by atoms with van der Waals surface area (Å²) < 4.78 is 0.